The lowest BCUT2D eigenvalue weighted by Crippen LogP contribution is -2.07. The molecule has 3 rings (SSSR count). The second kappa shape index (κ2) is 7.80. The number of ketones is 1. The monoisotopic (exact) mass is 330 g/mol. The van der Waals surface area contributed by atoms with E-state index < -0.39 is 0 Å². The minimum Gasteiger partial charge on any atom is -0.457 e. The number of hydrogen-bond acceptors (Lipinski definition) is 2. The van der Waals surface area contributed by atoms with E-state index in [4.69, 9.17) is 4.74 Å². The van der Waals surface area contributed by atoms with Crippen molar-refractivity contribution < 1.29 is 9.53 Å². The first-order valence-corrected chi connectivity index (χ1v) is 8.50. The molecule has 0 fully saturated rings. The fraction of sp³-hybridized carbons (Fsp3) is 0.174. The number of rotatable bonds is 6. The van der Waals surface area contributed by atoms with Crippen molar-refractivity contribution in [3.8, 4) is 11.5 Å². The van der Waals surface area contributed by atoms with Crippen molar-refractivity contribution in [2.45, 2.75) is 26.7 Å². The van der Waals surface area contributed by atoms with Gasteiger partial charge in [0.25, 0.3) is 0 Å². The Labute approximate surface area is 149 Å². The second-order valence-corrected chi connectivity index (χ2v) is 6.38. The topological polar surface area (TPSA) is 26.3 Å². The molecule has 0 atom stereocenters. The van der Waals surface area contributed by atoms with Crippen molar-refractivity contribution in [1.82, 2.24) is 0 Å². The molecule has 0 heterocycles. The van der Waals surface area contributed by atoms with Gasteiger partial charge in [0.05, 0.1) is 0 Å². The zero-order valence-electron chi connectivity index (χ0n) is 14.7. The quantitative estimate of drug-likeness (QED) is 0.601. The number of Topliss-reactive ketones (excluding diaryl/α,β-unsaturated/α-hetero) is 1. The van der Waals surface area contributed by atoms with Gasteiger partial charge in [0.2, 0.25) is 0 Å². The molecule has 0 saturated heterocycles. The molecule has 0 aromatic heterocycles. The smallest absolute Gasteiger partial charge is 0.141 e. The van der Waals surface area contributed by atoms with Crippen LogP contribution in [0.15, 0.2) is 72.8 Å². The van der Waals surface area contributed by atoms with E-state index in [9.17, 15) is 4.79 Å². The molecule has 126 valence electrons. The molecule has 0 aliphatic rings. The molecular formula is C23H22O2. The summed E-state index contributed by atoms with van der Waals surface area (Å²) in [6.45, 7) is 4.07. The van der Waals surface area contributed by atoms with Crippen molar-refractivity contribution in [1.29, 1.82) is 0 Å². The third kappa shape index (κ3) is 4.80. The van der Waals surface area contributed by atoms with Gasteiger partial charge in [0, 0.05) is 12.8 Å². The molecule has 0 saturated carbocycles. The van der Waals surface area contributed by atoms with Crippen molar-refractivity contribution in [2.75, 3.05) is 0 Å². The number of aryl methyl sites for hydroxylation is 2. The molecule has 0 radical (unpaired) electrons. The van der Waals surface area contributed by atoms with Crippen LogP contribution in [-0.4, -0.2) is 5.78 Å². The zero-order valence-corrected chi connectivity index (χ0v) is 14.7. The van der Waals surface area contributed by atoms with Crippen LogP contribution in [0.5, 0.6) is 11.5 Å². The van der Waals surface area contributed by atoms with Crippen LogP contribution in [0, 0.1) is 13.8 Å². The SMILES string of the molecule is Cc1ccc(CC(=O)Cc2ccc(Oc3ccccc3)cc2C)cc1. The summed E-state index contributed by atoms with van der Waals surface area (Å²) in [5.41, 5.74) is 4.40. The van der Waals surface area contributed by atoms with Crippen LogP contribution in [0.1, 0.15) is 22.3 Å². The van der Waals surface area contributed by atoms with Gasteiger partial charge < -0.3 is 4.74 Å². The summed E-state index contributed by atoms with van der Waals surface area (Å²) in [4.78, 5) is 12.4. The summed E-state index contributed by atoms with van der Waals surface area (Å²) >= 11 is 0. The summed E-state index contributed by atoms with van der Waals surface area (Å²) in [5.74, 6) is 1.83. The lowest BCUT2D eigenvalue weighted by Gasteiger charge is -2.10. The van der Waals surface area contributed by atoms with E-state index in [1.807, 2.05) is 86.6 Å². The molecule has 0 aliphatic heterocycles. The Morgan fingerprint density at radius 3 is 2.20 bits per heavy atom. The summed E-state index contributed by atoms with van der Waals surface area (Å²) in [5, 5.41) is 0. The Bertz CT molecular complexity index is 849. The van der Waals surface area contributed by atoms with Gasteiger partial charge in [-0.3, -0.25) is 4.79 Å². The van der Waals surface area contributed by atoms with Crippen LogP contribution in [0.2, 0.25) is 0 Å². The molecule has 25 heavy (non-hydrogen) atoms. The second-order valence-electron chi connectivity index (χ2n) is 6.38. The average molecular weight is 330 g/mol. The molecule has 0 amide bonds. The number of ether oxygens (including phenoxy) is 1. The molecule has 0 unspecified atom stereocenters. The summed E-state index contributed by atoms with van der Waals surface area (Å²) in [7, 11) is 0. The average Bonchev–Trinajstić information content (AvgIpc) is 2.60. The Balaban J connectivity index is 1.64. The maximum Gasteiger partial charge on any atom is 0.141 e. The molecular weight excluding hydrogens is 308 g/mol. The predicted molar refractivity (Wildman–Crippen MR) is 101 cm³/mol. The highest BCUT2D eigenvalue weighted by Gasteiger charge is 2.09. The minimum absolute atomic E-state index is 0.226. The number of carbonyl (C=O) groups excluding carboxylic acids is 1. The highest BCUT2D eigenvalue weighted by atomic mass is 16.5. The predicted octanol–water partition coefficient (Wildman–Crippen LogP) is 5.45. The first-order chi connectivity index (χ1) is 12.1. The van der Waals surface area contributed by atoms with Gasteiger partial charge in [-0.25, -0.2) is 0 Å². The maximum atomic E-state index is 12.4. The van der Waals surface area contributed by atoms with Gasteiger partial charge in [-0.15, -0.1) is 0 Å². The van der Waals surface area contributed by atoms with Crippen molar-refractivity contribution in [3.63, 3.8) is 0 Å². The largest absolute Gasteiger partial charge is 0.457 e. The van der Waals surface area contributed by atoms with Crippen molar-refractivity contribution in [2.24, 2.45) is 0 Å². The van der Waals surface area contributed by atoms with Gasteiger partial charge in [0.1, 0.15) is 17.3 Å². The fourth-order valence-corrected chi connectivity index (χ4v) is 2.76. The standard InChI is InChI=1S/C23H22O2/c1-17-8-10-19(11-9-17)15-21(24)16-20-12-13-23(14-18(20)2)25-22-6-4-3-5-7-22/h3-14H,15-16H2,1-2H3. The molecule has 0 aliphatic carbocycles. The number of benzene rings is 3. The fourth-order valence-electron chi connectivity index (χ4n) is 2.76. The number of carbonyl (C=O) groups is 1. The maximum absolute atomic E-state index is 12.4. The number of hydrogen-bond donors (Lipinski definition) is 0. The Hall–Kier alpha value is -2.87. The van der Waals surface area contributed by atoms with Gasteiger partial charge >= 0.3 is 0 Å². The van der Waals surface area contributed by atoms with E-state index in [2.05, 4.69) is 0 Å². The van der Waals surface area contributed by atoms with Crippen LogP contribution in [-0.2, 0) is 17.6 Å². The highest BCUT2D eigenvalue weighted by Crippen LogP contribution is 2.24. The normalized spacial score (nSPS) is 10.5. The zero-order chi connectivity index (χ0) is 17.6. The van der Waals surface area contributed by atoms with Crippen LogP contribution < -0.4 is 4.74 Å². The lowest BCUT2D eigenvalue weighted by molar-refractivity contribution is -0.117. The summed E-state index contributed by atoms with van der Waals surface area (Å²) in [6.07, 6.45) is 0.924. The van der Waals surface area contributed by atoms with E-state index >= 15 is 0 Å². The molecule has 0 spiro atoms. The van der Waals surface area contributed by atoms with E-state index in [1.54, 1.807) is 0 Å². The van der Waals surface area contributed by atoms with Gasteiger partial charge in [-0.05, 0) is 54.8 Å². The molecule has 3 aromatic carbocycles. The molecule has 0 bridgehead atoms. The van der Waals surface area contributed by atoms with Crippen LogP contribution >= 0.6 is 0 Å². The third-order valence-electron chi connectivity index (χ3n) is 4.20. The number of para-hydroxylation sites is 1. The van der Waals surface area contributed by atoms with Gasteiger partial charge in [-0.2, -0.15) is 0 Å². The lowest BCUT2D eigenvalue weighted by atomic mass is 9.99. The summed E-state index contributed by atoms with van der Waals surface area (Å²) in [6, 6.07) is 23.7. The molecule has 0 N–H and O–H groups in total. The van der Waals surface area contributed by atoms with Crippen molar-refractivity contribution >= 4 is 5.78 Å². The Morgan fingerprint density at radius 2 is 1.52 bits per heavy atom. The van der Waals surface area contributed by atoms with E-state index in [0.29, 0.717) is 12.8 Å². The first kappa shape index (κ1) is 17.0. The van der Waals surface area contributed by atoms with Crippen LogP contribution in [0.4, 0.5) is 0 Å². The van der Waals surface area contributed by atoms with Crippen LogP contribution in [0.3, 0.4) is 0 Å². The molecule has 2 nitrogen and oxygen atoms in total. The Kier molecular flexibility index (Phi) is 5.30. The van der Waals surface area contributed by atoms with E-state index in [-0.39, 0.29) is 5.78 Å². The minimum atomic E-state index is 0.226. The highest BCUT2D eigenvalue weighted by molar-refractivity contribution is 5.83. The molecule has 3 aromatic rings. The van der Waals surface area contributed by atoms with Gasteiger partial charge in [0.15, 0.2) is 0 Å². The first-order valence-electron chi connectivity index (χ1n) is 8.50. The molecule has 2 heteroatoms. The van der Waals surface area contributed by atoms with E-state index in [1.165, 1.54) is 5.56 Å². The van der Waals surface area contributed by atoms with Crippen molar-refractivity contribution in [3.05, 3.63) is 95.1 Å². The Morgan fingerprint density at radius 1 is 0.800 bits per heavy atom. The van der Waals surface area contributed by atoms with Gasteiger partial charge in [-0.1, -0.05) is 54.1 Å². The van der Waals surface area contributed by atoms with E-state index in [0.717, 1.165) is 28.2 Å². The third-order valence-corrected chi connectivity index (χ3v) is 4.20. The van der Waals surface area contributed by atoms with Crippen LogP contribution in [0.25, 0.3) is 0 Å². The summed E-state index contributed by atoms with van der Waals surface area (Å²) < 4.78 is 5.84.